The molecule has 30 heavy (non-hydrogen) atoms. The molecule has 0 saturated heterocycles. The van der Waals surface area contributed by atoms with Crippen LogP contribution in [0, 0.1) is 5.92 Å². The van der Waals surface area contributed by atoms with Gasteiger partial charge in [-0.25, -0.2) is 8.42 Å². The molecule has 4 N–H and O–H groups in total. The average Bonchev–Trinajstić information content (AvgIpc) is 2.66. The van der Waals surface area contributed by atoms with Gasteiger partial charge in [0.15, 0.2) is 0 Å². The minimum atomic E-state index is -4.00. The van der Waals surface area contributed by atoms with Gasteiger partial charge in [-0.2, -0.15) is 0 Å². The number of hydrazine groups is 1. The van der Waals surface area contributed by atoms with Crippen LogP contribution in [0.2, 0.25) is 0 Å². The van der Waals surface area contributed by atoms with Gasteiger partial charge in [-0.1, -0.05) is 13.8 Å². The normalized spacial score (nSPS) is 11.1. The first-order valence-electron chi connectivity index (χ1n) is 9.16. The van der Waals surface area contributed by atoms with Gasteiger partial charge in [0, 0.05) is 30.3 Å². The highest BCUT2D eigenvalue weighted by Gasteiger charge is 2.16. The molecule has 0 atom stereocenters. The number of hydrogen-bond donors (Lipinski definition) is 4. The number of rotatable bonds is 8. The first kappa shape index (κ1) is 23.0. The maximum Gasteiger partial charge on any atom is 0.266 e. The molecule has 160 valence electrons. The topological polar surface area (TPSA) is 133 Å². The van der Waals surface area contributed by atoms with Crippen molar-refractivity contribution in [2.75, 3.05) is 10.6 Å². The van der Waals surface area contributed by atoms with Crippen LogP contribution in [0.15, 0.2) is 53.4 Å². The minimum Gasteiger partial charge on any atom is -0.326 e. The quantitative estimate of drug-likeness (QED) is 0.475. The Labute approximate surface area is 175 Å². The Kier molecular flexibility index (Phi) is 7.67. The summed E-state index contributed by atoms with van der Waals surface area (Å²) in [6.07, 6.45) is 0.385. The molecule has 10 heteroatoms. The third-order valence-electron chi connectivity index (χ3n) is 3.81. The van der Waals surface area contributed by atoms with E-state index in [9.17, 15) is 22.8 Å². The van der Waals surface area contributed by atoms with E-state index < -0.39 is 15.9 Å². The van der Waals surface area contributed by atoms with E-state index in [0.717, 1.165) is 0 Å². The van der Waals surface area contributed by atoms with Gasteiger partial charge in [0.25, 0.3) is 15.9 Å². The molecule has 0 aliphatic heterocycles. The van der Waals surface area contributed by atoms with Crippen molar-refractivity contribution in [3.8, 4) is 0 Å². The second kappa shape index (κ2) is 9.99. The summed E-state index contributed by atoms with van der Waals surface area (Å²) >= 11 is 0. The summed E-state index contributed by atoms with van der Waals surface area (Å²) in [5.41, 5.74) is 3.33. The molecule has 0 saturated carbocycles. The van der Waals surface area contributed by atoms with Crippen molar-refractivity contribution < 1.29 is 22.8 Å². The van der Waals surface area contributed by atoms with E-state index in [1.165, 1.54) is 43.3 Å². The van der Waals surface area contributed by atoms with Gasteiger partial charge in [0.2, 0.25) is 11.8 Å². The average molecular weight is 433 g/mol. The van der Waals surface area contributed by atoms with Crippen LogP contribution in [0.5, 0.6) is 0 Å². The highest BCUT2D eigenvalue weighted by atomic mass is 32.2. The molecule has 2 aromatic rings. The fourth-order valence-electron chi connectivity index (χ4n) is 2.45. The van der Waals surface area contributed by atoms with Crippen LogP contribution in [0.4, 0.5) is 11.4 Å². The third kappa shape index (κ3) is 6.98. The Morgan fingerprint density at radius 1 is 0.867 bits per heavy atom. The standard InChI is InChI=1S/C20H24N4O5S/c1-13(2)12-19(26)22-17-6-4-15(5-7-17)20(27)23-24-30(28,29)18-10-8-16(9-11-18)21-14(3)25/h4-11,13,24H,12H2,1-3H3,(H,21,25)(H,22,26)(H,23,27). The maximum atomic E-state index is 12.3. The summed E-state index contributed by atoms with van der Waals surface area (Å²) < 4.78 is 24.6. The van der Waals surface area contributed by atoms with Crippen LogP contribution in [0.3, 0.4) is 0 Å². The molecule has 0 aliphatic carbocycles. The van der Waals surface area contributed by atoms with Crippen molar-refractivity contribution in [1.29, 1.82) is 0 Å². The molecule has 0 fully saturated rings. The summed E-state index contributed by atoms with van der Waals surface area (Å²) in [7, 11) is -4.00. The molecular formula is C20H24N4O5S. The number of carbonyl (C=O) groups excluding carboxylic acids is 3. The number of benzene rings is 2. The molecule has 2 aromatic carbocycles. The van der Waals surface area contributed by atoms with Crippen molar-refractivity contribution in [3.63, 3.8) is 0 Å². The Morgan fingerprint density at radius 3 is 1.93 bits per heavy atom. The van der Waals surface area contributed by atoms with Crippen molar-refractivity contribution in [3.05, 3.63) is 54.1 Å². The van der Waals surface area contributed by atoms with Crippen LogP contribution in [-0.2, 0) is 19.6 Å². The van der Waals surface area contributed by atoms with Crippen LogP contribution in [0.25, 0.3) is 0 Å². The zero-order chi connectivity index (χ0) is 22.3. The molecule has 0 radical (unpaired) electrons. The molecule has 0 unspecified atom stereocenters. The van der Waals surface area contributed by atoms with Gasteiger partial charge in [0.1, 0.15) is 0 Å². The predicted molar refractivity (Wildman–Crippen MR) is 113 cm³/mol. The molecule has 0 aromatic heterocycles. The summed E-state index contributed by atoms with van der Waals surface area (Å²) in [5, 5.41) is 5.26. The van der Waals surface area contributed by atoms with Gasteiger partial charge in [-0.05, 0) is 54.4 Å². The second-order valence-corrected chi connectivity index (χ2v) is 8.67. The second-order valence-electron chi connectivity index (χ2n) is 6.99. The molecule has 0 aliphatic rings. The third-order valence-corrected chi connectivity index (χ3v) is 5.07. The fraction of sp³-hybridized carbons (Fsp3) is 0.250. The van der Waals surface area contributed by atoms with E-state index >= 15 is 0 Å². The SMILES string of the molecule is CC(=O)Nc1ccc(S(=O)(=O)NNC(=O)c2ccc(NC(=O)CC(C)C)cc2)cc1. The predicted octanol–water partition coefficient (Wildman–Crippen LogP) is 2.25. The molecule has 0 bridgehead atoms. The number of carbonyl (C=O) groups is 3. The van der Waals surface area contributed by atoms with Gasteiger partial charge in [-0.15, -0.1) is 4.83 Å². The lowest BCUT2D eigenvalue weighted by Crippen LogP contribution is -2.41. The summed E-state index contributed by atoms with van der Waals surface area (Å²) in [6, 6.07) is 11.5. The lowest BCUT2D eigenvalue weighted by molar-refractivity contribution is -0.117. The maximum absolute atomic E-state index is 12.3. The molecule has 9 nitrogen and oxygen atoms in total. The largest absolute Gasteiger partial charge is 0.326 e. The Morgan fingerprint density at radius 2 is 1.40 bits per heavy atom. The van der Waals surface area contributed by atoms with Crippen LogP contribution < -0.4 is 20.9 Å². The first-order valence-corrected chi connectivity index (χ1v) is 10.6. The smallest absolute Gasteiger partial charge is 0.266 e. The van der Waals surface area contributed by atoms with Gasteiger partial charge < -0.3 is 10.6 Å². The Balaban J connectivity index is 1.95. The number of nitrogens with one attached hydrogen (secondary N) is 4. The first-order chi connectivity index (χ1) is 14.1. The van der Waals surface area contributed by atoms with Crippen molar-refractivity contribution in [2.24, 2.45) is 5.92 Å². The lowest BCUT2D eigenvalue weighted by atomic mass is 10.1. The number of amides is 3. The fourth-order valence-corrected chi connectivity index (χ4v) is 3.29. The molecule has 3 amide bonds. The lowest BCUT2D eigenvalue weighted by Gasteiger charge is -2.10. The van der Waals surface area contributed by atoms with Crippen molar-refractivity contribution >= 4 is 39.1 Å². The number of hydrogen-bond acceptors (Lipinski definition) is 5. The van der Waals surface area contributed by atoms with E-state index in [2.05, 4.69) is 16.1 Å². The van der Waals surface area contributed by atoms with E-state index in [1.54, 1.807) is 12.1 Å². The van der Waals surface area contributed by atoms with E-state index in [4.69, 9.17) is 0 Å². The van der Waals surface area contributed by atoms with Crippen molar-refractivity contribution in [2.45, 2.75) is 32.1 Å². The van der Waals surface area contributed by atoms with Crippen LogP contribution in [0.1, 0.15) is 37.6 Å². The van der Waals surface area contributed by atoms with Crippen molar-refractivity contribution in [1.82, 2.24) is 10.3 Å². The highest BCUT2D eigenvalue weighted by Crippen LogP contribution is 2.14. The summed E-state index contributed by atoms with van der Waals surface area (Å²) in [4.78, 5) is 36.9. The van der Waals surface area contributed by atoms with Gasteiger partial charge in [-0.3, -0.25) is 19.8 Å². The number of anilines is 2. The summed E-state index contributed by atoms with van der Waals surface area (Å²) in [5.74, 6) is -0.834. The monoisotopic (exact) mass is 432 g/mol. The zero-order valence-corrected chi connectivity index (χ0v) is 17.7. The summed E-state index contributed by atoms with van der Waals surface area (Å²) in [6.45, 7) is 5.21. The molecule has 2 rings (SSSR count). The van der Waals surface area contributed by atoms with E-state index in [-0.39, 0.29) is 28.2 Å². The van der Waals surface area contributed by atoms with Crippen LogP contribution in [-0.4, -0.2) is 26.1 Å². The highest BCUT2D eigenvalue weighted by molar-refractivity contribution is 7.89. The molecule has 0 spiro atoms. The zero-order valence-electron chi connectivity index (χ0n) is 16.9. The Hall–Kier alpha value is -3.24. The number of sulfonamides is 1. The van der Waals surface area contributed by atoms with E-state index in [1.807, 2.05) is 18.7 Å². The van der Waals surface area contributed by atoms with Gasteiger partial charge in [0.05, 0.1) is 4.90 Å². The van der Waals surface area contributed by atoms with Crippen LogP contribution >= 0.6 is 0 Å². The van der Waals surface area contributed by atoms with E-state index in [0.29, 0.717) is 17.8 Å². The Bertz CT molecular complexity index is 1020. The minimum absolute atomic E-state index is 0.0832. The molecular weight excluding hydrogens is 408 g/mol. The van der Waals surface area contributed by atoms with Gasteiger partial charge >= 0.3 is 0 Å². The molecule has 0 heterocycles.